The number of benzene rings is 1. The predicted molar refractivity (Wildman–Crippen MR) is 56.9 cm³/mol. The molecule has 5 heteroatoms. The molecule has 0 aliphatic carbocycles. The van der Waals surface area contributed by atoms with Gasteiger partial charge in [0.25, 0.3) is 0 Å². The lowest BCUT2D eigenvalue weighted by Crippen LogP contribution is -2.11. The average molecular weight is 200 g/mol. The Kier molecular flexibility index (Phi) is 1.58. The molecule has 1 aromatic carbocycles. The molecular weight excluding hydrogens is 192 g/mol. The molecule has 1 N–H and O–H groups in total. The third-order valence-corrected chi connectivity index (χ3v) is 2.26. The van der Waals surface area contributed by atoms with E-state index in [-0.39, 0.29) is 12.3 Å². The molecule has 0 fully saturated rings. The van der Waals surface area contributed by atoms with Gasteiger partial charge in [-0.3, -0.25) is 10.1 Å². The number of nitrogens with zero attached hydrogens (tertiary/aromatic N) is 3. The minimum Gasteiger partial charge on any atom is -0.294 e. The first-order valence-electron chi connectivity index (χ1n) is 4.65. The summed E-state index contributed by atoms with van der Waals surface area (Å²) < 4.78 is 1.64. The number of amides is 1. The maximum atomic E-state index is 11.3. The van der Waals surface area contributed by atoms with Crippen molar-refractivity contribution in [1.29, 1.82) is 0 Å². The molecule has 1 aliphatic heterocycles. The maximum Gasteiger partial charge on any atom is 0.232 e. The number of aromatic nitrogens is 2. The van der Waals surface area contributed by atoms with E-state index in [4.69, 9.17) is 0 Å². The van der Waals surface area contributed by atoms with E-state index in [1.165, 1.54) is 0 Å². The van der Waals surface area contributed by atoms with Crippen LogP contribution in [-0.4, -0.2) is 21.8 Å². The number of para-hydroxylation sites is 2. The van der Waals surface area contributed by atoms with Crippen LogP contribution in [0.4, 0.5) is 5.95 Å². The normalized spacial score (nSPS) is 14.8. The zero-order valence-corrected chi connectivity index (χ0v) is 7.84. The van der Waals surface area contributed by atoms with Gasteiger partial charge in [0.15, 0.2) is 0 Å². The Balaban J connectivity index is 2.31. The summed E-state index contributed by atoms with van der Waals surface area (Å²) in [6, 6.07) is 7.62. The van der Waals surface area contributed by atoms with Crippen molar-refractivity contribution >= 4 is 29.1 Å². The summed E-state index contributed by atoms with van der Waals surface area (Å²) in [5.74, 6) is 0.391. The van der Waals surface area contributed by atoms with Crippen LogP contribution in [0.2, 0.25) is 0 Å². The first-order valence-corrected chi connectivity index (χ1v) is 4.65. The van der Waals surface area contributed by atoms with Crippen molar-refractivity contribution < 1.29 is 4.79 Å². The summed E-state index contributed by atoms with van der Waals surface area (Å²) in [6.45, 7) is 0. The van der Waals surface area contributed by atoms with E-state index >= 15 is 0 Å². The van der Waals surface area contributed by atoms with Crippen molar-refractivity contribution in [2.45, 2.75) is 6.42 Å². The molecule has 0 spiro atoms. The smallest absolute Gasteiger partial charge is 0.232 e. The zero-order valence-electron chi connectivity index (χ0n) is 7.84. The fraction of sp³-hybridized carbons (Fsp3) is 0.100. The second-order valence-electron chi connectivity index (χ2n) is 3.29. The van der Waals surface area contributed by atoms with Crippen LogP contribution < -0.4 is 5.32 Å². The number of anilines is 1. The number of imidazole rings is 1. The minimum atomic E-state index is -0.0900. The number of fused-ring (bicyclic) bond motifs is 3. The standard InChI is InChI=1S/C10H8N4O/c15-9-5-6-11-14-8-4-2-1-3-7(8)12-10(14)13-9/h1-4,6H,5H2,(H,12,13,15). The van der Waals surface area contributed by atoms with Gasteiger partial charge in [-0.15, -0.1) is 0 Å². The molecule has 1 aromatic heterocycles. The van der Waals surface area contributed by atoms with E-state index in [0.29, 0.717) is 5.95 Å². The molecule has 1 amide bonds. The van der Waals surface area contributed by atoms with E-state index in [1.807, 2.05) is 24.3 Å². The van der Waals surface area contributed by atoms with E-state index in [9.17, 15) is 4.79 Å². The Hall–Kier alpha value is -2.17. The van der Waals surface area contributed by atoms with Gasteiger partial charge >= 0.3 is 0 Å². The molecule has 0 bridgehead atoms. The summed E-state index contributed by atoms with van der Waals surface area (Å²) in [7, 11) is 0. The zero-order chi connectivity index (χ0) is 10.3. The van der Waals surface area contributed by atoms with Crippen LogP contribution in [0.3, 0.4) is 0 Å². The molecule has 0 radical (unpaired) electrons. The second-order valence-corrected chi connectivity index (χ2v) is 3.29. The van der Waals surface area contributed by atoms with Crippen molar-refractivity contribution in [2.75, 3.05) is 5.32 Å². The molecule has 0 saturated carbocycles. The maximum absolute atomic E-state index is 11.3. The van der Waals surface area contributed by atoms with E-state index < -0.39 is 0 Å². The van der Waals surface area contributed by atoms with Crippen LogP contribution in [0.15, 0.2) is 29.4 Å². The van der Waals surface area contributed by atoms with Crippen LogP contribution in [0, 0.1) is 0 Å². The second kappa shape index (κ2) is 2.91. The van der Waals surface area contributed by atoms with Gasteiger partial charge in [0.1, 0.15) is 0 Å². The van der Waals surface area contributed by atoms with Crippen molar-refractivity contribution in [3.63, 3.8) is 0 Å². The first kappa shape index (κ1) is 8.16. The van der Waals surface area contributed by atoms with Gasteiger partial charge in [0.2, 0.25) is 11.9 Å². The van der Waals surface area contributed by atoms with Crippen molar-refractivity contribution in [3.05, 3.63) is 24.3 Å². The third-order valence-electron chi connectivity index (χ3n) is 2.26. The molecule has 2 aromatic rings. The molecular formula is C10H8N4O. The molecule has 5 nitrogen and oxygen atoms in total. The molecule has 74 valence electrons. The molecule has 15 heavy (non-hydrogen) atoms. The predicted octanol–water partition coefficient (Wildman–Crippen LogP) is 1.21. The number of hydrogen-bond donors (Lipinski definition) is 1. The Labute approximate surface area is 85.4 Å². The lowest BCUT2D eigenvalue weighted by atomic mass is 10.3. The third kappa shape index (κ3) is 1.20. The summed E-state index contributed by atoms with van der Waals surface area (Å²) in [5, 5.41) is 6.87. The number of carbonyl (C=O) groups excluding carboxylic acids is 1. The van der Waals surface area contributed by atoms with E-state index in [1.54, 1.807) is 10.9 Å². The lowest BCUT2D eigenvalue weighted by molar-refractivity contribution is -0.115. The van der Waals surface area contributed by atoms with Crippen LogP contribution >= 0.6 is 0 Å². The number of hydrogen-bond acceptors (Lipinski definition) is 3. The van der Waals surface area contributed by atoms with Gasteiger partial charge in [-0.25, -0.2) is 4.98 Å². The number of nitrogens with one attached hydrogen (secondary N) is 1. The highest BCUT2D eigenvalue weighted by Gasteiger charge is 2.14. The highest BCUT2D eigenvalue weighted by atomic mass is 16.1. The Morgan fingerprint density at radius 2 is 2.20 bits per heavy atom. The summed E-state index contributed by atoms with van der Waals surface area (Å²) >= 11 is 0. The Morgan fingerprint density at radius 3 is 3.13 bits per heavy atom. The Morgan fingerprint density at radius 1 is 1.33 bits per heavy atom. The topological polar surface area (TPSA) is 59.3 Å². The lowest BCUT2D eigenvalue weighted by Gasteiger charge is -1.98. The molecule has 1 aliphatic rings. The van der Waals surface area contributed by atoms with Crippen molar-refractivity contribution in [1.82, 2.24) is 9.66 Å². The van der Waals surface area contributed by atoms with Crippen molar-refractivity contribution in [2.24, 2.45) is 5.10 Å². The van der Waals surface area contributed by atoms with Crippen LogP contribution in [-0.2, 0) is 4.79 Å². The van der Waals surface area contributed by atoms with E-state index in [2.05, 4.69) is 15.4 Å². The first-order chi connectivity index (χ1) is 7.34. The average Bonchev–Trinajstić information content (AvgIpc) is 2.46. The summed E-state index contributed by atoms with van der Waals surface area (Å²) in [4.78, 5) is 15.5. The largest absolute Gasteiger partial charge is 0.294 e. The molecule has 0 unspecified atom stereocenters. The number of rotatable bonds is 0. The van der Waals surface area contributed by atoms with Gasteiger partial charge in [-0.1, -0.05) is 12.1 Å². The molecule has 2 heterocycles. The summed E-state index contributed by atoms with van der Waals surface area (Å²) in [5.41, 5.74) is 1.72. The van der Waals surface area contributed by atoms with Crippen LogP contribution in [0.1, 0.15) is 6.42 Å². The van der Waals surface area contributed by atoms with Gasteiger partial charge < -0.3 is 0 Å². The molecule has 0 atom stereocenters. The van der Waals surface area contributed by atoms with Gasteiger partial charge in [0, 0.05) is 6.21 Å². The highest BCUT2D eigenvalue weighted by Crippen LogP contribution is 2.20. The number of carbonyl (C=O) groups is 1. The Bertz CT molecular complexity index is 570. The highest BCUT2D eigenvalue weighted by molar-refractivity contribution is 6.00. The summed E-state index contributed by atoms with van der Waals surface area (Å²) in [6.07, 6.45) is 1.87. The van der Waals surface area contributed by atoms with Gasteiger partial charge in [-0.2, -0.15) is 9.78 Å². The minimum absolute atomic E-state index is 0.0900. The quantitative estimate of drug-likeness (QED) is 0.694. The van der Waals surface area contributed by atoms with Gasteiger partial charge in [0.05, 0.1) is 17.5 Å². The monoisotopic (exact) mass is 200 g/mol. The van der Waals surface area contributed by atoms with Crippen molar-refractivity contribution in [3.8, 4) is 0 Å². The fourth-order valence-corrected chi connectivity index (χ4v) is 1.59. The van der Waals surface area contributed by atoms with Crippen LogP contribution in [0.25, 0.3) is 11.0 Å². The molecule has 0 saturated heterocycles. The SMILES string of the molecule is O=C1CC=Nn2c(nc3ccccc32)N1. The molecule has 3 rings (SSSR count). The van der Waals surface area contributed by atoms with E-state index in [0.717, 1.165) is 11.0 Å². The van der Waals surface area contributed by atoms with Crippen LogP contribution in [0.5, 0.6) is 0 Å². The fourth-order valence-electron chi connectivity index (χ4n) is 1.59. The van der Waals surface area contributed by atoms with Gasteiger partial charge in [-0.05, 0) is 12.1 Å².